The first kappa shape index (κ1) is 20.1. The lowest BCUT2D eigenvalue weighted by atomic mass is 10.1. The minimum absolute atomic E-state index is 0.351. The Bertz CT molecular complexity index is 1300. The lowest BCUT2D eigenvalue weighted by Crippen LogP contribution is -1.97. The maximum absolute atomic E-state index is 13.4. The van der Waals surface area contributed by atoms with E-state index in [4.69, 9.17) is 4.74 Å². The minimum atomic E-state index is -0.351. The van der Waals surface area contributed by atoms with Crippen LogP contribution in [0.3, 0.4) is 0 Å². The minimum Gasteiger partial charge on any atom is -0.488 e. The molecule has 4 aromatic rings. The van der Waals surface area contributed by atoms with Crippen molar-refractivity contribution < 1.29 is 9.13 Å². The standard InChI is InChI=1S/C24H17FIN3O/c1-15-3-2-4-17(9-15)14-30-23-8-5-16(11-20(23)26)10-18(13-27)24-28-21-7-6-19(25)12-22(21)29-24/h2-12H,14H2,1H3,(H,28,29)/b18-10-. The average Bonchev–Trinajstić information content (AvgIpc) is 3.14. The Labute approximate surface area is 187 Å². The predicted molar refractivity (Wildman–Crippen MR) is 124 cm³/mol. The van der Waals surface area contributed by atoms with Gasteiger partial charge in [0.05, 0.1) is 20.2 Å². The van der Waals surface area contributed by atoms with Crippen molar-refractivity contribution in [1.29, 1.82) is 5.26 Å². The van der Waals surface area contributed by atoms with Crippen LogP contribution in [0.1, 0.15) is 22.5 Å². The summed E-state index contributed by atoms with van der Waals surface area (Å²) in [6.07, 6.45) is 1.75. The molecule has 0 aliphatic carbocycles. The molecule has 0 fully saturated rings. The topological polar surface area (TPSA) is 61.7 Å². The van der Waals surface area contributed by atoms with Crippen LogP contribution in [0, 0.1) is 27.6 Å². The second-order valence-corrected chi connectivity index (χ2v) is 8.05. The van der Waals surface area contributed by atoms with Gasteiger partial charge < -0.3 is 9.72 Å². The van der Waals surface area contributed by atoms with Gasteiger partial charge in [0.25, 0.3) is 0 Å². The molecule has 6 heteroatoms. The summed E-state index contributed by atoms with van der Waals surface area (Å²) in [5.41, 5.74) is 4.70. The Hall–Kier alpha value is -3.18. The Morgan fingerprint density at radius 3 is 2.83 bits per heavy atom. The molecule has 4 rings (SSSR count). The Balaban J connectivity index is 1.56. The van der Waals surface area contributed by atoms with Crippen LogP contribution in [0.2, 0.25) is 0 Å². The number of H-pyrrole nitrogens is 1. The number of aryl methyl sites for hydroxylation is 1. The van der Waals surface area contributed by atoms with Crippen molar-refractivity contribution in [1.82, 2.24) is 9.97 Å². The highest BCUT2D eigenvalue weighted by atomic mass is 127. The van der Waals surface area contributed by atoms with Crippen LogP contribution in [0.15, 0.2) is 60.7 Å². The Morgan fingerprint density at radius 2 is 2.07 bits per heavy atom. The van der Waals surface area contributed by atoms with Crippen molar-refractivity contribution in [2.75, 3.05) is 0 Å². The number of aromatic amines is 1. The smallest absolute Gasteiger partial charge is 0.149 e. The van der Waals surface area contributed by atoms with Crippen LogP contribution in [0.5, 0.6) is 5.75 Å². The van der Waals surface area contributed by atoms with E-state index in [1.54, 1.807) is 12.1 Å². The van der Waals surface area contributed by atoms with E-state index in [0.717, 1.165) is 20.4 Å². The molecule has 0 aliphatic rings. The number of nitriles is 1. The molecule has 1 heterocycles. The molecular weight excluding hydrogens is 492 g/mol. The van der Waals surface area contributed by atoms with E-state index >= 15 is 0 Å². The van der Waals surface area contributed by atoms with Gasteiger partial charge in [0.1, 0.15) is 30.1 Å². The second-order valence-electron chi connectivity index (χ2n) is 6.88. The zero-order valence-electron chi connectivity index (χ0n) is 16.1. The number of rotatable bonds is 5. The monoisotopic (exact) mass is 509 g/mol. The number of ether oxygens (including phenoxy) is 1. The van der Waals surface area contributed by atoms with Crippen LogP contribution in [-0.4, -0.2) is 9.97 Å². The van der Waals surface area contributed by atoms with E-state index in [1.165, 1.54) is 17.7 Å². The summed E-state index contributed by atoms with van der Waals surface area (Å²) in [4.78, 5) is 7.40. The maximum Gasteiger partial charge on any atom is 0.149 e. The third-order valence-corrected chi connectivity index (χ3v) is 5.41. The molecule has 0 spiro atoms. The quantitative estimate of drug-likeness (QED) is 0.255. The van der Waals surface area contributed by atoms with Crippen LogP contribution in [0.4, 0.5) is 4.39 Å². The predicted octanol–water partition coefficient (Wildman–Crippen LogP) is 6.26. The largest absolute Gasteiger partial charge is 0.488 e. The third-order valence-electron chi connectivity index (χ3n) is 4.56. The number of benzene rings is 3. The van der Waals surface area contributed by atoms with Gasteiger partial charge in [-0.3, -0.25) is 0 Å². The summed E-state index contributed by atoms with van der Waals surface area (Å²) in [6.45, 7) is 2.55. The summed E-state index contributed by atoms with van der Waals surface area (Å²) in [7, 11) is 0. The summed E-state index contributed by atoms with van der Waals surface area (Å²) < 4.78 is 20.3. The number of fused-ring (bicyclic) bond motifs is 1. The van der Waals surface area contributed by atoms with E-state index < -0.39 is 0 Å². The van der Waals surface area contributed by atoms with E-state index in [9.17, 15) is 9.65 Å². The molecule has 0 radical (unpaired) electrons. The second kappa shape index (κ2) is 8.67. The molecule has 0 unspecified atom stereocenters. The molecule has 0 bridgehead atoms. The SMILES string of the molecule is Cc1cccc(COc2ccc(/C=C(/C#N)c3nc4ccc(F)cc4[nH]3)cc2I)c1. The highest BCUT2D eigenvalue weighted by Crippen LogP contribution is 2.26. The van der Waals surface area contributed by atoms with E-state index in [1.807, 2.05) is 30.3 Å². The van der Waals surface area contributed by atoms with Crippen molar-refractivity contribution >= 4 is 45.3 Å². The van der Waals surface area contributed by atoms with Gasteiger partial charge in [0, 0.05) is 0 Å². The Kier molecular flexibility index (Phi) is 5.81. The molecular formula is C24H17FIN3O. The van der Waals surface area contributed by atoms with Crippen LogP contribution >= 0.6 is 22.6 Å². The van der Waals surface area contributed by atoms with Gasteiger partial charge in [-0.2, -0.15) is 5.26 Å². The molecule has 0 saturated heterocycles. The molecule has 1 N–H and O–H groups in total. The number of hydrogen-bond donors (Lipinski definition) is 1. The number of nitrogens with one attached hydrogen (secondary N) is 1. The fourth-order valence-corrected chi connectivity index (χ4v) is 3.81. The van der Waals surface area contributed by atoms with Crippen LogP contribution < -0.4 is 4.74 Å². The lowest BCUT2D eigenvalue weighted by molar-refractivity contribution is 0.304. The van der Waals surface area contributed by atoms with Gasteiger partial charge in [-0.15, -0.1) is 0 Å². The highest BCUT2D eigenvalue weighted by molar-refractivity contribution is 14.1. The molecule has 148 valence electrons. The van der Waals surface area contributed by atoms with Crippen molar-refractivity contribution in [2.45, 2.75) is 13.5 Å². The van der Waals surface area contributed by atoms with Crippen molar-refractivity contribution in [2.24, 2.45) is 0 Å². The van der Waals surface area contributed by atoms with Crippen LogP contribution in [0.25, 0.3) is 22.7 Å². The van der Waals surface area contributed by atoms with Crippen molar-refractivity contribution in [3.63, 3.8) is 0 Å². The van der Waals surface area contributed by atoms with E-state index in [0.29, 0.717) is 29.0 Å². The summed E-state index contributed by atoms with van der Waals surface area (Å²) in [6, 6.07) is 20.4. The average molecular weight is 509 g/mol. The summed E-state index contributed by atoms with van der Waals surface area (Å²) >= 11 is 2.22. The number of imidazole rings is 1. The Morgan fingerprint density at radius 1 is 1.20 bits per heavy atom. The third kappa shape index (κ3) is 4.52. The first-order chi connectivity index (χ1) is 14.5. The first-order valence-electron chi connectivity index (χ1n) is 9.27. The first-order valence-corrected chi connectivity index (χ1v) is 10.3. The van der Waals surface area contributed by atoms with Gasteiger partial charge in [-0.25, -0.2) is 9.37 Å². The number of aromatic nitrogens is 2. The molecule has 4 nitrogen and oxygen atoms in total. The number of halogens is 2. The fraction of sp³-hybridized carbons (Fsp3) is 0.0833. The van der Waals surface area contributed by atoms with Crippen molar-refractivity contribution in [3.8, 4) is 11.8 Å². The molecule has 0 atom stereocenters. The number of nitrogens with zero attached hydrogens (tertiary/aromatic N) is 2. The fourth-order valence-electron chi connectivity index (χ4n) is 3.12. The molecule has 1 aromatic heterocycles. The van der Waals surface area contributed by atoms with Gasteiger partial charge in [-0.05, 0) is 77.0 Å². The van der Waals surface area contributed by atoms with Gasteiger partial charge in [0.15, 0.2) is 0 Å². The summed E-state index contributed by atoms with van der Waals surface area (Å²) in [5.74, 6) is 0.843. The molecule has 30 heavy (non-hydrogen) atoms. The van der Waals surface area contributed by atoms with Gasteiger partial charge in [0.2, 0.25) is 0 Å². The molecule has 0 aliphatic heterocycles. The normalized spacial score (nSPS) is 11.5. The summed E-state index contributed by atoms with van der Waals surface area (Å²) in [5, 5.41) is 9.60. The zero-order chi connectivity index (χ0) is 21.1. The zero-order valence-corrected chi connectivity index (χ0v) is 18.3. The molecule has 0 amide bonds. The van der Waals surface area contributed by atoms with E-state index in [-0.39, 0.29) is 5.82 Å². The lowest BCUT2D eigenvalue weighted by Gasteiger charge is -2.09. The van der Waals surface area contributed by atoms with E-state index in [2.05, 4.69) is 57.7 Å². The number of allylic oxidation sites excluding steroid dienone is 1. The van der Waals surface area contributed by atoms with Crippen molar-refractivity contribution in [3.05, 3.63) is 92.6 Å². The number of hydrogen-bond acceptors (Lipinski definition) is 3. The molecule has 3 aromatic carbocycles. The highest BCUT2D eigenvalue weighted by Gasteiger charge is 2.10. The van der Waals surface area contributed by atoms with Gasteiger partial charge in [-0.1, -0.05) is 35.9 Å². The van der Waals surface area contributed by atoms with Crippen LogP contribution in [-0.2, 0) is 6.61 Å². The van der Waals surface area contributed by atoms with Gasteiger partial charge >= 0.3 is 0 Å². The molecule has 0 saturated carbocycles. The maximum atomic E-state index is 13.4.